The summed E-state index contributed by atoms with van der Waals surface area (Å²) in [7, 11) is 0. The molecule has 0 bridgehead atoms. The lowest BCUT2D eigenvalue weighted by molar-refractivity contribution is -0.142. The van der Waals surface area contributed by atoms with Gasteiger partial charge in [0.2, 0.25) is 0 Å². The molecule has 0 aliphatic carbocycles. The molecule has 21 heavy (non-hydrogen) atoms. The van der Waals surface area contributed by atoms with Gasteiger partial charge in [-0.3, -0.25) is 4.79 Å². The Hall–Kier alpha value is -2.10. The van der Waals surface area contributed by atoms with Gasteiger partial charge >= 0.3 is 11.9 Å². The van der Waals surface area contributed by atoms with Crippen LogP contribution in [0.15, 0.2) is 30.3 Å². The highest BCUT2D eigenvalue weighted by atomic mass is 16.4. The Morgan fingerprint density at radius 3 is 2.05 bits per heavy atom. The van der Waals surface area contributed by atoms with Crippen molar-refractivity contribution >= 4 is 18.0 Å². The fourth-order valence-electron chi connectivity index (χ4n) is 1.82. The zero-order valence-corrected chi connectivity index (χ0v) is 12.9. The quantitative estimate of drug-likeness (QED) is 0.781. The Bertz CT molecular complexity index is 473. The van der Waals surface area contributed by atoms with Crippen molar-refractivity contribution in [3.63, 3.8) is 0 Å². The van der Waals surface area contributed by atoms with Gasteiger partial charge in [0.15, 0.2) is 0 Å². The predicted molar refractivity (Wildman–Crippen MR) is 84.2 cm³/mol. The second kappa shape index (κ2) is 10.7. The third-order valence-electron chi connectivity index (χ3n) is 3.18. The minimum atomic E-state index is -0.911. The van der Waals surface area contributed by atoms with Crippen molar-refractivity contribution in [2.75, 3.05) is 0 Å². The molecule has 1 rings (SSSR count). The summed E-state index contributed by atoms with van der Waals surface area (Å²) in [6.45, 7) is 5.83. The summed E-state index contributed by atoms with van der Waals surface area (Å²) in [5, 5.41) is 16.8. The molecule has 0 aliphatic heterocycles. The number of benzene rings is 1. The molecule has 0 spiro atoms. The van der Waals surface area contributed by atoms with E-state index in [0.29, 0.717) is 0 Å². The van der Waals surface area contributed by atoms with Crippen molar-refractivity contribution in [3.05, 3.63) is 41.5 Å². The predicted octanol–water partition coefficient (Wildman–Crippen LogP) is 3.85. The number of carboxylic acid groups (broad SMARTS) is 2. The van der Waals surface area contributed by atoms with Gasteiger partial charge in [0, 0.05) is 6.08 Å². The maximum absolute atomic E-state index is 10.3. The monoisotopic (exact) mass is 292 g/mol. The highest BCUT2D eigenvalue weighted by Crippen LogP contribution is 2.10. The molecule has 1 aromatic rings. The smallest absolute Gasteiger partial charge is 0.328 e. The first-order valence-corrected chi connectivity index (χ1v) is 7.17. The van der Waals surface area contributed by atoms with E-state index in [1.54, 1.807) is 6.08 Å². The van der Waals surface area contributed by atoms with Crippen molar-refractivity contribution in [2.24, 2.45) is 5.92 Å². The van der Waals surface area contributed by atoms with Crippen LogP contribution in [-0.4, -0.2) is 22.2 Å². The lowest BCUT2D eigenvalue weighted by Gasteiger charge is -2.02. The Kier molecular flexibility index (Phi) is 9.59. The van der Waals surface area contributed by atoms with Gasteiger partial charge < -0.3 is 10.2 Å². The topological polar surface area (TPSA) is 74.6 Å². The van der Waals surface area contributed by atoms with Crippen LogP contribution in [-0.2, 0) is 16.0 Å². The number of carbonyl (C=O) groups is 2. The van der Waals surface area contributed by atoms with E-state index in [2.05, 4.69) is 0 Å². The molecule has 0 heterocycles. The lowest BCUT2D eigenvalue weighted by Crippen LogP contribution is -2.10. The van der Waals surface area contributed by atoms with E-state index < -0.39 is 11.9 Å². The summed E-state index contributed by atoms with van der Waals surface area (Å²) in [4.78, 5) is 20.4. The first-order chi connectivity index (χ1) is 9.96. The third-order valence-corrected chi connectivity index (χ3v) is 3.18. The summed E-state index contributed by atoms with van der Waals surface area (Å²) in [6, 6.07) is 7.78. The van der Waals surface area contributed by atoms with Crippen molar-refractivity contribution < 1.29 is 19.8 Å². The number of aliphatic carboxylic acids is 2. The molecule has 1 aromatic carbocycles. The Morgan fingerprint density at radius 2 is 1.67 bits per heavy atom. The number of rotatable bonds is 6. The highest BCUT2D eigenvalue weighted by Gasteiger charge is 2.10. The molecule has 0 saturated carbocycles. The number of carboxylic acids is 2. The van der Waals surface area contributed by atoms with Gasteiger partial charge in [-0.15, -0.1) is 0 Å². The van der Waals surface area contributed by atoms with Gasteiger partial charge in [0.25, 0.3) is 0 Å². The van der Waals surface area contributed by atoms with Gasteiger partial charge in [-0.25, -0.2) is 4.79 Å². The molecule has 2 N–H and O–H groups in total. The Morgan fingerprint density at radius 1 is 1.10 bits per heavy atom. The standard InChI is InChI=1S/C11H12O2.C6H12O2/c1-2-9-5-3-4-6-10(9)7-8-11(12)13;1-3-5(4-2)6(7)8/h3-8H,2H2,1H3,(H,12,13);5H,3-4H2,1-2H3,(H,7,8)/b8-7+;. The zero-order chi connectivity index (χ0) is 16.3. The maximum Gasteiger partial charge on any atom is 0.328 e. The average molecular weight is 292 g/mol. The molecule has 4 heteroatoms. The van der Waals surface area contributed by atoms with Crippen LogP contribution in [0.1, 0.15) is 44.7 Å². The third kappa shape index (κ3) is 7.92. The minimum absolute atomic E-state index is 0.130. The summed E-state index contributed by atoms with van der Waals surface area (Å²) < 4.78 is 0. The van der Waals surface area contributed by atoms with E-state index in [0.717, 1.165) is 30.9 Å². The normalized spacial score (nSPS) is 10.3. The van der Waals surface area contributed by atoms with Crippen molar-refractivity contribution in [2.45, 2.75) is 40.0 Å². The molecule has 0 atom stereocenters. The van der Waals surface area contributed by atoms with Crippen LogP contribution in [0, 0.1) is 5.92 Å². The van der Waals surface area contributed by atoms with Gasteiger partial charge in [-0.1, -0.05) is 45.0 Å². The molecule has 0 radical (unpaired) electrons. The van der Waals surface area contributed by atoms with E-state index in [9.17, 15) is 9.59 Å². The second-order valence-electron chi connectivity index (χ2n) is 4.58. The molecule has 116 valence electrons. The fourth-order valence-corrected chi connectivity index (χ4v) is 1.82. The van der Waals surface area contributed by atoms with Crippen LogP contribution >= 0.6 is 0 Å². The number of aryl methyl sites for hydroxylation is 1. The van der Waals surface area contributed by atoms with Crippen molar-refractivity contribution in [1.82, 2.24) is 0 Å². The van der Waals surface area contributed by atoms with Crippen LogP contribution < -0.4 is 0 Å². The fraction of sp³-hybridized carbons (Fsp3) is 0.412. The minimum Gasteiger partial charge on any atom is -0.481 e. The first-order valence-electron chi connectivity index (χ1n) is 7.17. The van der Waals surface area contributed by atoms with Crippen molar-refractivity contribution in [3.8, 4) is 0 Å². The summed E-state index contributed by atoms with van der Waals surface area (Å²) >= 11 is 0. The lowest BCUT2D eigenvalue weighted by atomic mass is 10.1. The number of hydrogen-bond donors (Lipinski definition) is 2. The highest BCUT2D eigenvalue weighted by molar-refractivity contribution is 5.85. The van der Waals surface area contributed by atoms with Gasteiger partial charge in [0.05, 0.1) is 5.92 Å². The Labute approximate surface area is 126 Å². The van der Waals surface area contributed by atoms with Crippen LogP contribution in [0.5, 0.6) is 0 Å². The second-order valence-corrected chi connectivity index (χ2v) is 4.58. The van der Waals surface area contributed by atoms with Crippen molar-refractivity contribution in [1.29, 1.82) is 0 Å². The SMILES string of the molecule is CCC(CC)C(=O)O.CCc1ccccc1/C=C/C(=O)O. The molecule has 0 fully saturated rings. The summed E-state index contributed by atoms with van der Waals surface area (Å²) in [5.41, 5.74) is 2.15. The van der Waals surface area contributed by atoms with Gasteiger partial charge in [0.1, 0.15) is 0 Å². The zero-order valence-electron chi connectivity index (χ0n) is 12.9. The number of hydrogen-bond acceptors (Lipinski definition) is 2. The van der Waals surface area contributed by atoms with Crippen LogP contribution in [0.2, 0.25) is 0 Å². The van der Waals surface area contributed by atoms with Crippen LogP contribution in [0.4, 0.5) is 0 Å². The van der Waals surface area contributed by atoms with Crippen LogP contribution in [0.3, 0.4) is 0 Å². The van der Waals surface area contributed by atoms with Gasteiger partial charge in [-0.05, 0) is 36.5 Å². The average Bonchev–Trinajstić information content (AvgIpc) is 2.47. The molecule has 0 aliphatic rings. The van der Waals surface area contributed by atoms with E-state index in [1.165, 1.54) is 5.56 Å². The Balaban J connectivity index is 0.000000433. The summed E-state index contributed by atoms with van der Waals surface area (Å²) in [5.74, 6) is -1.71. The van der Waals surface area contributed by atoms with E-state index in [1.807, 2.05) is 45.0 Å². The molecular weight excluding hydrogens is 268 g/mol. The van der Waals surface area contributed by atoms with Gasteiger partial charge in [-0.2, -0.15) is 0 Å². The molecule has 0 aromatic heterocycles. The first kappa shape index (κ1) is 18.9. The summed E-state index contributed by atoms with van der Waals surface area (Å²) in [6.07, 6.45) is 5.19. The molecule has 4 nitrogen and oxygen atoms in total. The van der Waals surface area contributed by atoms with E-state index >= 15 is 0 Å². The maximum atomic E-state index is 10.3. The van der Waals surface area contributed by atoms with E-state index in [-0.39, 0.29) is 5.92 Å². The molecule has 0 amide bonds. The van der Waals surface area contributed by atoms with E-state index in [4.69, 9.17) is 10.2 Å². The largest absolute Gasteiger partial charge is 0.481 e. The molecule has 0 saturated heterocycles. The van der Waals surface area contributed by atoms with Crippen LogP contribution in [0.25, 0.3) is 6.08 Å². The molecule has 0 unspecified atom stereocenters. The molecular formula is C17H24O4.